The summed E-state index contributed by atoms with van der Waals surface area (Å²) in [5.41, 5.74) is 0.427. The standard InChI is InChI=1S/C14H13ClN2O3/c15-9-2-1-8-5-11(17-10(8)6-9)12(18)16-7-14(3-4-14)13(19)20/h1-2,5-6,17H,3-4,7H2,(H,16,18)(H,19,20). The van der Waals surface area contributed by atoms with Gasteiger partial charge < -0.3 is 15.4 Å². The molecule has 3 rings (SSSR count). The molecular weight excluding hydrogens is 280 g/mol. The summed E-state index contributed by atoms with van der Waals surface area (Å²) in [5.74, 6) is -1.15. The highest BCUT2D eigenvalue weighted by molar-refractivity contribution is 6.31. The number of rotatable bonds is 4. The van der Waals surface area contributed by atoms with E-state index < -0.39 is 11.4 Å². The number of carboxylic acids is 1. The van der Waals surface area contributed by atoms with Gasteiger partial charge in [0.15, 0.2) is 0 Å². The smallest absolute Gasteiger partial charge is 0.311 e. The molecule has 2 aromatic rings. The highest BCUT2D eigenvalue weighted by atomic mass is 35.5. The van der Waals surface area contributed by atoms with Gasteiger partial charge in [-0.15, -0.1) is 0 Å². The molecular formula is C14H13ClN2O3. The maximum absolute atomic E-state index is 12.0. The van der Waals surface area contributed by atoms with E-state index in [4.69, 9.17) is 16.7 Å². The normalized spacial score (nSPS) is 16.1. The monoisotopic (exact) mass is 292 g/mol. The van der Waals surface area contributed by atoms with Gasteiger partial charge in [0.25, 0.3) is 5.91 Å². The van der Waals surface area contributed by atoms with Gasteiger partial charge in [0.1, 0.15) is 5.69 Å². The maximum atomic E-state index is 12.0. The average molecular weight is 293 g/mol. The number of aromatic amines is 1. The third-order valence-corrected chi connectivity index (χ3v) is 3.96. The number of halogens is 1. The predicted octanol–water partition coefficient (Wildman–Crippen LogP) is 2.42. The van der Waals surface area contributed by atoms with Crippen molar-refractivity contribution in [2.45, 2.75) is 12.8 Å². The van der Waals surface area contributed by atoms with Gasteiger partial charge in [-0.1, -0.05) is 17.7 Å². The van der Waals surface area contributed by atoms with Crippen molar-refractivity contribution in [3.63, 3.8) is 0 Å². The van der Waals surface area contributed by atoms with Gasteiger partial charge in [0, 0.05) is 22.5 Å². The van der Waals surface area contributed by atoms with Gasteiger partial charge in [0.2, 0.25) is 0 Å². The summed E-state index contributed by atoms with van der Waals surface area (Å²) in [7, 11) is 0. The quantitative estimate of drug-likeness (QED) is 0.809. The number of carbonyl (C=O) groups is 2. The Morgan fingerprint density at radius 3 is 2.75 bits per heavy atom. The Bertz CT molecular complexity index is 704. The van der Waals surface area contributed by atoms with Crippen LogP contribution in [0, 0.1) is 5.41 Å². The van der Waals surface area contributed by atoms with Crippen molar-refractivity contribution in [3.8, 4) is 0 Å². The Balaban J connectivity index is 1.74. The number of fused-ring (bicyclic) bond motifs is 1. The molecule has 20 heavy (non-hydrogen) atoms. The number of carboxylic acid groups (broad SMARTS) is 1. The van der Waals surface area contributed by atoms with E-state index in [1.165, 1.54) is 0 Å². The summed E-state index contributed by atoms with van der Waals surface area (Å²) in [6, 6.07) is 7.04. The van der Waals surface area contributed by atoms with Crippen LogP contribution in [0.4, 0.5) is 0 Å². The van der Waals surface area contributed by atoms with Crippen LogP contribution in [-0.4, -0.2) is 28.5 Å². The third-order valence-electron chi connectivity index (χ3n) is 3.72. The van der Waals surface area contributed by atoms with Crippen LogP contribution in [0.5, 0.6) is 0 Å². The second-order valence-electron chi connectivity index (χ2n) is 5.18. The molecule has 1 heterocycles. The molecule has 0 aliphatic heterocycles. The lowest BCUT2D eigenvalue weighted by molar-refractivity contribution is -0.143. The number of benzene rings is 1. The van der Waals surface area contributed by atoms with E-state index in [1.54, 1.807) is 18.2 Å². The van der Waals surface area contributed by atoms with Crippen molar-refractivity contribution in [1.82, 2.24) is 10.3 Å². The van der Waals surface area contributed by atoms with E-state index >= 15 is 0 Å². The lowest BCUT2D eigenvalue weighted by Gasteiger charge is -2.10. The number of carbonyl (C=O) groups excluding carboxylic acids is 1. The fraction of sp³-hybridized carbons (Fsp3) is 0.286. The molecule has 0 unspecified atom stereocenters. The second kappa shape index (κ2) is 4.52. The average Bonchev–Trinajstić information content (AvgIpc) is 3.09. The molecule has 0 spiro atoms. The van der Waals surface area contributed by atoms with Crippen molar-refractivity contribution >= 4 is 34.4 Å². The summed E-state index contributed by atoms with van der Waals surface area (Å²) in [6.07, 6.45) is 1.23. The zero-order valence-corrected chi connectivity index (χ0v) is 11.3. The van der Waals surface area contributed by atoms with Crippen molar-refractivity contribution in [1.29, 1.82) is 0 Å². The molecule has 0 atom stereocenters. The van der Waals surface area contributed by atoms with Crippen LogP contribution in [0.3, 0.4) is 0 Å². The van der Waals surface area contributed by atoms with Crippen LogP contribution in [0.15, 0.2) is 24.3 Å². The first-order valence-electron chi connectivity index (χ1n) is 6.30. The first-order chi connectivity index (χ1) is 9.50. The lowest BCUT2D eigenvalue weighted by Crippen LogP contribution is -2.34. The largest absolute Gasteiger partial charge is 0.481 e. The zero-order chi connectivity index (χ0) is 14.3. The van der Waals surface area contributed by atoms with E-state index in [0.29, 0.717) is 23.6 Å². The Labute approximate surface area is 119 Å². The van der Waals surface area contributed by atoms with Crippen molar-refractivity contribution < 1.29 is 14.7 Å². The van der Waals surface area contributed by atoms with E-state index in [1.807, 2.05) is 6.07 Å². The Kier molecular flexibility index (Phi) is 2.94. The first-order valence-corrected chi connectivity index (χ1v) is 6.68. The van der Waals surface area contributed by atoms with Crippen molar-refractivity contribution in [3.05, 3.63) is 35.0 Å². The Morgan fingerprint density at radius 2 is 2.10 bits per heavy atom. The maximum Gasteiger partial charge on any atom is 0.311 e. The molecule has 3 N–H and O–H groups in total. The minimum atomic E-state index is -0.846. The SMILES string of the molecule is O=C(NCC1(C(=O)O)CC1)c1cc2ccc(Cl)cc2[nH]1. The van der Waals surface area contributed by atoms with Gasteiger partial charge in [-0.05, 0) is 31.0 Å². The summed E-state index contributed by atoms with van der Waals surface area (Å²) in [4.78, 5) is 26.0. The number of hydrogen-bond donors (Lipinski definition) is 3. The summed E-state index contributed by atoms with van der Waals surface area (Å²) >= 11 is 5.89. The minimum absolute atomic E-state index is 0.164. The van der Waals surface area contributed by atoms with Gasteiger partial charge in [-0.3, -0.25) is 9.59 Å². The molecule has 1 aliphatic rings. The van der Waals surface area contributed by atoms with Crippen LogP contribution >= 0.6 is 11.6 Å². The number of aliphatic carboxylic acids is 1. The second-order valence-corrected chi connectivity index (χ2v) is 5.62. The fourth-order valence-electron chi connectivity index (χ4n) is 2.18. The highest BCUT2D eigenvalue weighted by Crippen LogP contribution is 2.45. The van der Waals surface area contributed by atoms with Crippen LogP contribution in [-0.2, 0) is 4.79 Å². The zero-order valence-electron chi connectivity index (χ0n) is 10.6. The first kappa shape index (κ1) is 13.0. The molecule has 0 bridgehead atoms. The van der Waals surface area contributed by atoms with Crippen molar-refractivity contribution in [2.75, 3.05) is 6.54 Å². The third kappa shape index (κ3) is 2.25. The lowest BCUT2D eigenvalue weighted by atomic mass is 10.1. The van der Waals surface area contributed by atoms with Gasteiger partial charge in [-0.2, -0.15) is 0 Å². The summed E-state index contributed by atoms with van der Waals surface area (Å²) < 4.78 is 0. The molecule has 6 heteroatoms. The minimum Gasteiger partial charge on any atom is -0.481 e. The number of nitrogens with one attached hydrogen (secondary N) is 2. The molecule has 1 saturated carbocycles. The van der Waals surface area contributed by atoms with Gasteiger partial charge in [0.05, 0.1) is 5.41 Å². The number of hydrogen-bond acceptors (Lipinski definition) is 2. The molecule has 104 valence electrons. The van der Waals surface area contributed by atoms with Crippen LogP contribution < -0.4 is 5.32 Å². The molecule has 1 fully saturated rings. The molecule has 0 radical (unpaired) electrons. The molecule has 5 nitrogen and oxygen atoms in total. The highest BCUT2D eigenvalue weighted by Gasteiger charge is 2.50. The topological polar surface area (TPSA) is 82.2 Å². The summed E-state index contributed by atoms with van der Waals surface area (Å²) in [6.45, 7) is 0.164. The predicted molar refractivity (Wildman–Crippen MR) is 74.9 cm³/mol. The van der Waals surface area contributed by atoms with E-state index in [9.17, 15) is 9.59 Å². The van der Waals surface area contributed by atoms with E-state index in [0.717, 1.165) is 10.9 Å². The van der Waals surface area contributed by atoms with E-state index in [-0.39, 0.29) is 12.5 Å². The Morgan fingerprint density at radius 1 is 1.35 bits per heavy atom. The number of amides is 1. The Hall–Kier alpha value is -2.01. The molecule has 1 amide bonds. The van der Waals surface area contributed by atoms with Gasteiger partial charge in [-0.25, -0.2) is 0 Å². The number of H-pyrrole nitrogens is 1. The fourth-order valence-corrected chi connectivity index (χ4v) is 2.36. The summed E-state index contributed by atoms with van der Waals surface area (Å²) in [5, 5.41) is 13.2. The van der Waals surface area contributed by atoms with Crippen molar-refractivity contribution in [2.24, 2.45) is 5.41 Å². The molecule has 1 aromatic heterocycles. The van der Waals surface area contributed by atoms with Crippen LogP contribution in [0.25, 0.3) is 10.9 Å². The molecule has 1 aromatic carbocycles. The van der Waals surface area contributed by atoms with E-state index in [2.05, 4.69) is 10.3 Å². The van der Waals surface area contributed by atoms with Gasteiger partial charge >= 0.3 is 5.97 Å². The molecule has 1 aliphatic carbocycles. The van der Waals surface area contributed by atoms with Crippen LogP contribution in [0.1, 0.15) is 23.3 Å². The molecule has 0 saturated heterocycles. The number of aromatic nitrogens is 1. The van der Waals surface area contributed by atoms with Crippen LogP contribution in [0.2, 0.25) is 5.02 Å².